The van der Waals surface area contributed by atoms with Crippen molar-refractivity contribution in [1.29, 1.82) is 0 Å². The maximum atomic E-state index is 2.58. The molecule has 0 unspecified atom stereocenters. The minimum atomic E-state index is 1.16. The lowest BCUT2D eigenvalue weighted by Crippen LogP contribution is -2.44. The molecule has 21 heavy (non-hydrogen) atoms. The predicted molar refractivity (Wildman–Crippen MR) is 94.8 cm³/mol. The minimum absolute atomic E-state index is 1.16. The van der Waals surface area contributed by atoms with E-state index in [2.05, 4.69) is 49.8 Å². The zero-order valence-corrected chi connectivity index (χ0v) is 14.8. The molecule has 0 aromatic heterocycles. The van der Waals surface area contributed by atoms with Crippen molar-refractivity contribution in [1.82, 2.24) is 9.80 Å². The highest BCUT2D eigenvalue weighted by molar-refractivity contribution is 5.05. The third-order valence-corrected chi connectivity index (χ3v) is 4.40. The van der Waals surface area contributed by atoms with Gasteiger partial charge in [0.15, 0.2) is 0 Å². The third kappa shape index (κ3) is 9.10. The van der Waals surface area contributed by atoms with Gasteiger partial charge in [-0.2, -0.15) is 0 Å². The van der Waals surface area contributed by atoms with Gasteiger partial charge in [-0.3, -0.25) is 4.90 Å². The van der Waals surface area contributed by atoms with Crippen molar-refractivity contribution in [2.45, 2.75) is 59.3 Å². The van der Waals surface area contributed by atoms with Gasteiger partial charge in [-0.25, -0.2) is 0 Å². The molecule has 0 bridgehead atoms. The Labute approximate surface area is 132 Å². The smallest absolute Gasteiger partial charge is 0.0191 e. The molecule has 0 amide bonds. The second-order valence-corrected chi connectivity index (χ2v) is 6.71. The first-order valence-electron chi connectivity index (χ1n) is 8.84. The van der Waals surface area contributed by atoms with Gasteiger partial charge in [-0.1, -0.05) is 43.1 Å². The molecule has 1 saturated heterocycles. The highest BCUT2D eigenvalue weighted by Gasteiger charge is 2.13. The summed E-state index contributed by atoms with van der Waals surface area (Å²) in [6.45, 7) is 12.9. The van der Waals surface area contributed by atoms with Crippen LogP contribution in [0, 0.1) is 0 Å². The average Bonchev–Trinajstić information content (AvgIpc) is 2.46. The largest absolute Gasteiger partial charge is 0.304 e. The van der Waals surface area contributed by atoms with Gasteiger partial charge in [0, 0.05) is 32.7 Å². The van der Waals surface area contributed by atoms with Crippen LogP contribution in [0.3, 0.4) is 0 Å². The molecule has 0 aromatic rings. The molecule has 0 spiro atoms. The van der Waals surface area contributed by atoms with Crippen LogP contribution >= 0.6 is 0 Å². The number of likely N-dealkylation sites (N-methyl/N-ethyl adjacent to an activating group) is 1. The van der Waals surface area contributed by atoms with Crippen molar-refractivity contribution in [3.8, 4) is 0 Å². The molecule has 0 aromatic carbocycles. The summed E-state index contributed by atoms with van der Waals surface area (Å²) < 4.78 is 0. The van der Waals surface area contributed by atoms with E-state index in [4.69, 9.17) is 0 Å². The molecule has 1 aliphatic heterocycles. The van der Waals surface area contributed by atoms with E-state index in [9.17, 15) is 0 Å². The number of allylic oxidation sites excluding steroid dienone is 3. The number of hydrogen-bond acceptors (Lipinski definition) is 2. The van der Waals surface area contributed by atoms with E-state index < -0.39 is 0 Å². The second kappa shape index (κ2) is 11.0. The van der Waals surface area contributed by atoms with Crippen LogP contribution in [0.25, 0.3) is 0 Å². The highest BCUT2D eigenvalue weighted by Crippen LogP contribution is 2.11. The lowest BCUT2D eigenvalue weighted by molar-refractivity contribution is 0.164. The SMILES string of the molecule is CCCCC/C=C(/C)CC/C=C(/C)CN1CCN(C)CC1. The molecule has 0 N–H and O–H groups in total. The molecular weight excluding hydrogens is 256 g/mol. The summed E-state index contributed by atoms with van der Waals surface area (Å²) in [7, 11) is 2.22. The van der Waals surface area contributed by atoms with Crippen LogP contribution in [0.15, 0.2) is 23.3 Å². The van der Waals surface area contributed by atoms with Gasteiger partial charge < -0.3 is 4.90 Å². The summed E-state index contributed by atoms with van der Waals surface area (Å²) in [5.41, 5.74) is 3.10. The summed E-state index contributed by atoms with van der Waals surface area (Å²) in [6.07, 6.45) is 12.6. The highest BCUT2D eigenvalue weighted by atomic mass is 15.2. The summed E-state index contributed by atoms with van der Waals surface area (Å²) >= 11 is 0. The van der Waals surface area contributed by atoms with Crippen LogP contribution in [-0.4, -0.2) is 49.6 Å². The first kappa shape index (κ1) is 18.4. The Morgan fingerprint density at radius 1 is 0.905 bits per heavy atom. The second-order valence-electron chi connectivity index (χ2n) is 6.71. The van der Waals surface area contributed by atoms with E-state index in [0.29, 0.717) is 0 Å². The first-order chi connectivity index (χ1) is 10.1. The van der Waals surface area contributed by atoms with Crippen LogP contribution < -0.4 is 0 Å². The summed E-state index contributed by atoms with van der Waals surface area (Å²) in [5.74, 6) is 0. The molecule has 0 radical (unpaired) electrons. The van der Waals surface area contributed by atoms with E-state index in [1.54, 1.807) is 11.1 Å². The van der Waals surface area contributed by atoms with Gasteiger partial charge in [-0.15, -0.1) is 0 Å². The van der Waals surface area contributed by atoms with E-state index in [-0.39, 0.29) is 0 Å². The number of hydrogen-bond donors (Lipinski definition) is 0. The monoisotopic (exact) mass is 292 g/mol. The Morgan fingerprint density at radius 3 is 2.24 bits per heavy atom. The van der Waals surface area contributed by atoms with Gasteiger partial charge in [0.1, 0.15) is 0 Å². The molecule has 1 rings (SSSR count). The van der Waals surface area contributed by atoms with Crippen molar-refractivity contribution in [2.24, 2.45) is 0 Å². The fraction of sp³-hybridized carbons (Fsp3) is 0.789. The Kier molecular flexibility index (Phi) is 9.69. The van der Waals surface area contributed by atoms with Crippen LogP contribution in [0.1, 0.15) is 59.3 Å². The minimum Gasteiger partial charge on any atom is -0.304 e. The van der Waals surface area contributed by atoms with Gasteiger partial charge in [0.25, 0.3) is 0 Å². The van der Waals surface area contributed by atoms with E-state index >= 15 is 0 Å². The molecule has 1 aliphatic rings. The van der Waals surface area contributed by atoms with Crippen LogP contribution in [0.2, 0.25) is 0 Å². The van der Waals surface area contributed by atoms with Gasteiger partial charge in [0.2, 0.25) is 0 Å². The van der Waals surface area contributed by atoms with E-state index in [0.717, 1.165) is 6.54 Å². The zero-order chi connectivity index (χ0) is 15.5. The fourth-order valence-corrected chi connectivity index (χ4v) is 2.81. The van der Waals surface area contributed by atoms with Gasteiger partial charge >= 0.3 is 0 Å². The lowest BCUT2D eigenvalue weighted by Gasteiger charge is -2.32. The van der Waals surface area contributed by atoms with Crippen LogP contribution in [0.5, 0.6) is 0 Å². The number of nitrogens with zero attached hydrogens (tertiary/aromatic N) is 2. The van der Waals surface area contributed by atoms with Crippen molar-refractivity contribution in [2.75, 3.05) is 39.8 Å². The Hall–Kier alpha value is -0.600. The lowest BCUT2D eigenvalue weighted by atomic mass is 10.1. The topological polar surface area (TPSA) is 6.48 Å². The number of piperazine rings is 1. The molecule has 0 atom stereocenters. The molecule has 2 nitrogen and oxygen atoms in total. The molecule has 0 aliphatic carbocycles. The molecular formula is C19H36N2. The zero-order valence-electron chi connectivity index (χ0n) is 14.8. The van der Waals surface area contributed by atoms with Crippen molar-refractivity contribution in [3.63, 3.8) is 0 Å². The van der Waals surface area contributed by atoms with E-state index in [1.165, 1.54) is 64.7 Å². The van der Waals surface area contributed by atoms with Crippen molar-refractivity contribution < 1.29 is 0 Å². The third-order valence-electron chi connectivity index (χ3n) is 4.40. The van der Waals surface area contributed by atoms with Gasteiger partial charge in [0.05, 0.1) is 0 Å². The Morgan fingerprint density at radius 2 is 1.57 bits per heavy atom. The molecule has 122 valence electrons. The first-order valence-corrected chi connectivity index (χ1v) is 8.84. The van der Waals surface area contributed by atoms with Crippen molar-refractivity contribution >= 4 is 0 Å². The summed E-state index contributed by atoms with van der Waals surface area (Å²) in [5, 5.41) is 0. The summed E-state index contributed by atoms with van der Waals surface area (Å²) in [6, 6.07) is 0. The van der Waals surface area contributed by atoms with Crippen molar-refractivity contribution in [3.05, 3.63) is 23.3 Å². The quantitative estimate of drug-likeness (QED) is 0.456. The van der Waals surface area contributed by atoms with Gasteiger partial charge in [-0.05, 0) is 46.6 Å². The summed E-state index contributed by atoms with van der Waals surface area (Å²) in [4.78, 5) is 5.00. The molecule has 0 saturated carbocycles. The Balaban J connectivity index is 2.16. The fourth-order valence-electron chi connectivity index (χ4n) is 2.81. The normalized spacial score (nSPS) is 19.2. The average molecular weight is 293 g/mol. The molecule has 1 heterocycles. The predicted octanol–water partition coefficient (Wildman–Crippen LogP) is 4.49. The Bertz CT molecular complexity index is 322. The van der Waals surface area contributed by atoms with Crippen LogP contribution in [-0.2, 0) is 0 Å². The standard InChI is InChI=1S/C19H36N2/c1-5-6-7-8-10-18(2)11-9-12-19(3)17-21-15-13-20(4)14-16-21/h10,12H,5-9,11,13-17H2,1-4H3/b18-10-,19-12-. The van der Waals surface area contributed by atoms with E-state index in [1.807, 2.05) is 0 Å². The van der Waals surface area contributed by atoms with Crippen LogP contribution in [0.4, 0.5) is 0 Å². The maximum absolute atomic E-state index is 2.58. The number of unbranched alkanes of at least 4 members (excludes halogenated alkanes) is 3. The maximum Gasteiger partial charge on any atom is 0.0191 e. The number of rotatable bonds is 9. The molecule has 2 heteroatoms. The molecule has 1 fully saturated rings.